The summed E-state index contributed by atoms with van der Waals surface area (Å²) in [5, 5.41) is 40.6. The van der Waals surface area contributed by atoms with Crippen molar-refractivity contribution in [1.82, 2.24) is 5.32 Å². The zero-order valence-electron chi connectivity index (χ0n) is 11.2. The maximum atomic E-state index is 11.1. The molecule has 0 aliphatic carbocycles. The van der Waals surface area contributed by atoms with Crippen molar-refractivity contribution in [2.24, 2.45) is 5.73 Å². The minimum atomic E-state index is -2.62. The van der Waals surface area contributed by atoms with Crippen LogP contribution in [0.25, 0.3) is 0 Å². The van der Waals surface area contributed by atoms with Gasteiger partial charge in [-0.1, -0.05) is 0 Å². The number of aliphatic carboxylic acids is 1. The Morgan fingerprint density at radius 3 is 2.45 bits per heavy atom. The first-order valence-corrected chi connectivity index (χ1v) is 6.11. The fraction of sp³-hybridized carbons (Fsp3) is 0.818. The first-order chi connectivity index (χ1) is 9.08. The Bertz CT molecular complexity index is 389. The lowest BCUT2D eigenvalue weighted by atomic mass is 9.88. The standard InChI is InChI=1S/C11H20N2O7/c1-4(14)8(13-5(2)15)9-7(12)6(16)3-11(19,20-9)10(17)18/h4,6-9,14,16,19H,3,12H2,1-2H3,(H,13,15)(H,17,18)/t4-,6+,7-,8-,9-,11-/m1/s1. The van der Waals surface area contributed by atoms with E-state index in [1.165, 1.54) is 13.8 Å². The molecule has 7 N–H and O–H groups in total. The summed E-state index contributed by atoms with van der Waals surface area (Å²) in [5.74, 6) is -4.79. The van der Waals surface area contributed by atoms with Crippen molar-refractivity contribution in [2.75, 3.05) is 0 Å². The summed E-state index contributed by atoms with van der Waals surface area (Å²) in [6.07, 6.45) is -4.35. The van der Waals surface area contributed by atoms with Crippen LogP contribution in [-0.2, 0) is 14.3 Å². The van der Waals surface area contributed by atoms with Crippen LogP contribution < -0.4 is 11.1 Å². The van der Waals surface area contributed by atoms with E-state index >= 15 is 0 Å². The highest BCUT2D eigenvalue weighted by Gasteiger charge is 2.52. The van der Waals surface area contributed by atoms with Crippen LogP contribution in [0.15, 0.2) is 0 Å². The molecule has 0 aromatic heterocycles. The van der Waals surface area contributed by atoms with Gasteiger partial charge in [-0.05, 0) is 6.92 Å². The van der Waals surface area contributed by atoms with Crippen molar-refractivity contribution < 1.29 is 34.8 Å². The Balaban J connectivity index is 3.04. The number of carbonyl (C=O) groups excluding carboxylic acids is 1. The number of carboxylic acid groups (broad SMARTS) is 1. The summed E-state index contributed by atoms with van der Waals surface area (Å²) in [6, 6.07) is -2.13. The van der Waals surface area contributed by atoms with Gasteiger partial charge in [-0.3, -0.25) is 4.79 Å². The second-order valence-corrected chi connectivity index (χ2v) is 4.99. The van der Waals surface area contributed by atoms with Crippen LogP contribution in [0.2, 0.25) is 0 Å². The Morgan fingerprint density at radius 2 is 2.05 bits per heavy atom. The number of rotatable bonds is 4. The van der Waals surface area contributed by atoms with Crippen LogP contribution in [0, 0.1) is 0 Å². The van der Waals surface area contributed by atoms with Gasteiger partial charge >= 0.3 is 5.97 Å². The number of ether oxygens (including phenoxy) is 1. The summed E-state index contributed by atoms with van der Waals surface area (Å²) in [5.41, 5.74) is 5.72. The third kappa shape index (κ3) is 3.44. The average molecular weight is 292 g/mol. The highest BCUT2D eigenvalue weighted by Crippen LogP contribution is 2.29. The normalized spacial score (nSPS) is 37.0. The van der Waals surface area contributed by atoms with Crippen molar-refractivity contribution in [3.63, 3.8) is 0 Å². The Kier molecular flexibility index (Phi) is 5.05. The Labute approximate surface area is 115 Å². The third-order valence-electron chi connectivity index (χ3n) is 3.22. The second kappa shape index (κ2) is 6.02. The maximum Gasteiger partial charge on any atom is 0.364 e. The molecule has 1 saturated heterocycles. The molecule has 1 amide bonds. The number of amides is 1. The number of nitrogens with two attached hydrogens (primary N) is 1. The van der Waals surface area contributed by atoms with Crippen molar-refractivity contribution in [1.29, 1.82) is 0 Å². The molecule has 1 aliphatic heterocycles. The van der Waals surface area contributed by atoms with Crippen molar-refractivity contribution in [3.8, 4) is 0 Å². The molecule has 0 unspecified atom stereocenters. The number of nitrogens with one attached hydrogen (secondary N) is 1. The molecule has 20 heavy (non-hydrogen) atoms. The zero-order chi connectivity index (χ0) is 15.7. The second-order valence-electron chi connectivity index (χ2n) is 4.99. The minimum absolute atomic E-state index is 0.495. The lowest BCUT2D eigenvalue weighted by Gasteiger charge is -2.44. The molecule has 6 atom stereocenters. The van der Waals surface area contributed by atoms with Gasteiger partial charge in [-0.2, -0.15) is 0 Å². The number of carboxylic acids is 1. The molecule has 9 heteroatoms. The first kappa shape index (κ1) is 16.8. The molecule has 1 aliphatic rings. The van der Waals surface area contributed by atoms with Gasteiger partial charge in [0.15, 0.2) is 0 Å². The summed E-state index contributed by atoms with van der Waals surface area (Å²) < 4.78 is 5.04. The fourth-order valence-electron chi connectivity index (χ4n) is 2.15. The van der Waals surface area contributed by atoms with Crippen LogP contribution in [0.3, 0.4) is 0 Å². The molecular formula is C11H20N2O7. The molecule has 116 valence electrons. The molecule has 0 radical (unpaired) electrons. The third-order valence-corrected chi connectivity index (χ3v) is 3.22. The van der Waals surface area contributed by atoms with E-state index in [0.29, 0.717) is 0 Å². The van der Waals surface area contributed by atoms with Gasteiger partial charge in [0.1, 0.15) is 6.10 Å². The molecule has 0 spiro atoms. The average Bonchev–Trinajstić information content (AvgIpc) is 2.30. The van der Waals surface area contributed by atoms with E-state index in [1.54, 1.807) is 0 Å². The largest absolute Gasteiger partial charge is 0.477 e. The van der Waals surface area contributed by atoms with E-state index in [-0.39, 0.29) is 0 Å². The number of aliphatic hydroxyl groups is 3. The van der Waals surface area contributed by atoms with E-state index in [2.05, 4.69) is 5.32 Å². The van der Waals surface area contributed by atoms with Gasteiger partial charge in [0.25, 0.3) is 5.79 Å². The van der Waals surface area contributed by atoms with Crippen molar-refractivity contribution in [2.45, 2.75) is 56.5 Å². The zero-order valence-corrected chi connectivity index (χ0v) is 11.2. The molecule has 1 fully saturated rings. The molecule has 1 heterocycles. The monoisotopic (exact) mass is 292 g/mol. The van der Waals surface area contributed by atoms with Gasteiger partial charge in [0.05, 0.1) is 24.3 Å². The van der Waals surface area contributed by atoms with Gasteiger partial charge < -0.3 is 36.2 Å². The molecule has 9 nitrogen and oxygen atoms in total. The quantitative estimate of drug-likeness (QED) is 0.322. The minimum Gasteiger partial charge on any atom is -0.477 e. The van der Waals surface area contributed by atoms with Crippen LogP contribution in [0.4, 0.5) is 0 Å². The van der Waals surface area contributed by atoms with Crippen molar-refractivity contribution >= 4 is 11.9 Å². The molecule has 0 aromatic carbocycles. The summed E-state index contributed by atoms with van der Waals surface area (Å²) in [4.78, 5) is 22.1. The lowest BCUT2D eigenvalue weighted by molar-refractivity contribution is -0.281. The SMILES string of the molecule is CC(=O)N[C@@H]([C@@H]1O[C@@](O)(C(=O)O)C[C@H](O)[C@H]1N)[C@@H](C)O. The van der Waals surface area contributed by atoms with E-state index < -0.39 is 54.5 Å². The highest BCUT2D eigenvalue weighted by atomic mass is 16.7. The van der Waals surface area contributed by atoms with Gasteiger partial charge in [0.2, 0.25) is 5.91 Å². The topological polar surface area (TPSA) is 162 Å². The van der Waals surface area contributed by atoms with Crippen molar-refractivity contribution in [3.05, 3.63) is 0 Å². The summed E-state index contributed by atoms with van der Waals surface area (Å²) in [6.45, 7) is 2.54. The Morgan fingerprint density at radius 1 is 1.50 bits per heavy atom. The summed E-state index contributed by atoms with van der Waals surface area (Å²) >= 11 is 0. The molecule has 1 rings (SSSR count). The predicted molar refractivity (Wildman–Crippen MR) is 65.3 cm³/mol. The first-order valence-electron chi connectivity index (χ1n) is 6.11. The van der Waals surface area contributed by atoms with Crippen LogP contribution >= 0.6 is 0 Å². The van der Waals surface area contributed by atoms with Crippen LogP contribution in [-0.4, -0.2) is 68.5 Å². The van der Waals surface area contributed by atoms with Gasteiger partial charge in [0, 0.05) is 13.3 Å². The molecule has 0 aromatic rings. The fourth-order valence-corrected chi connectivity index (χ4v) is 2.15. The van der Waals surface area contributed by atoms with Crippen LogP contribution in [0.1, 0.15) is 20.3 Å². The van der Waals surface area contributed by atoms with E-state index in [0.717, 1.165) is 0 Å². The lowest BCUT2D eigenvalue weighted by Crippen LogP contribution is -2.68. The number of hydrogen-bond acceptors (Lipinski definition) is 7. The van der Waals surface area contributed by atoms with Crippen LogP contribution in [0.5, 0.6) is 0 Å². The highest BCUT2D eigenvalue weighted by molar-refractivity contribution is 5.75. The number of aliphatic hydroxyl groups excluding tert-OH is 2. The van der Waals surface area contributed by atoms with Gasteiger partial charge in [-0.25, -0.2) is 4.79 Å². The van der Waals surface area contributed by atoms with E-state index in [1.807, 2.05) is 0 Å². The number of hydrogen-bond donors (Lipinski definition) is 6. The smallest absolute Gasteiger partial charge is 0.364 e. The molecule has 0 saturated carbocycles. The summed E-state index contributed by atoms with van der Waals surface area (Å²) in [7, 11) is 0. The Hall–Kier alpha value is -1.26. The van der Waals surface area contributed by atoms with E-state index in [9.17, 15) is 24.9 Å². The maximum absolute atomic E-state index is 11.1. The number of carbonyl (C=O) groups is 2. The van der Waals surface area contributed by atoms with E-state index in [4.69, 9.17) is 15.6 Å². The molecule has 0 bridgehead atoms. The predicted octanol–water partition coefficient (Wildman–Crippen LogP) is -2.88. The van der Waals surface area contributed by atoms with Gasteiger partial charge in [-0.15, -0.1) is 0 Å². The molecular weight excluding hydrogens is 272 g/mol.